The molecule has 2 amide bonds. The summed E-state index contributed by atoms with van der Waals surface area (Å²) in [5.41, 5.74) is 0. The van der Waals surface area contributed by atoms with Crippen LogP contribution in [0.1, 0.15) is 44.4 Å². The van der Waals surface area contributed by atoms with E-state index in [0.717, 1.165) is 11.3 Å². The fourth-order valence-electron chi connectivity index (χ4n) is 3.69. The molecule has 0 aromatic carbocycles. The topological polar surface area (TPSA) is 87.8 Å². The van der Waals surface area contributed by atoms with Crippen molar-refractivity contribution in [2.24, 2.45) is 17.8 Å². The van der Waals surface area contributed by atoms with Crippen molar-refractivity contribution in [1.82, 2.24) is 4.90 Å². The molecule has 22 heavy (non-hydrogen) atoms. The van der Waals surface area contributed by atoms with Gasteiger partial charge >= 0.3 is 5.97 Å². The van der Waals surface area contributed by atoms with Gasteiger partial charge in [0.15, 0.2) is 0 Å². The number of carbonyl (C=O) groups is 3. The van der Waals surface area contributed by atoms with E-state index >= 15 is 0 Å². The lowest BCUT2D eigenvalue weighted by Crippen LogP contribution is -2.36. The number of likely N-dealkylation sites (tertiary alicyclic amines) is 1. The summed E-state index contributed by atoms with van der Waals surface area (Å²) in [6.07, 6.45) is 3.41. The molecule has 2 heterocycles. The molecule has 4 atom stereocenters. The van der Waals surface area contributed by atoms with Gasteiger partial charge in [-0.15, -0.1) is 0 Å². The molecule has 1 N–H and O–H groups in total. The van der Waals surface area contributed by atoms with Gasteiger partial charge in [-0.1, -0.05) is 6.92 Å². The highest BCUT2D eigenvalue weighted by Crippen LogP contribution is 2.44. The number of rotatable bonds is 4. The normalized spacial score (nSPS) is 29.5. The van der Waals surface area contributed by atoms with E-state index in [1.165, 1.54) is 6.26 Å². The van der Waals surface area contributed by atoms with Crippen LogP contribution in [-0.4, -0.2) is 27.8 Å². The third kappa shape index (κ3) is 2.42. The smallest absolute Gasteiger partial charge is 0.305 e. The van der Waals surface area contributed by atoms with Crippen molar-refractivity contribution < 1.29 is 23.9 Å². The van der Waals surface area contributed by atoms with Crippen molar-refractivity contribution in [3.05, 3.63) is 24.2 Å². The van der Waals surface area contributed by atoms with Crippen LogP contribution in [0.2, 0.25) is 0 Å². The Morgan fingerprint density at radius 2 is 2.09 bits per heavy atom. The van der Waals surface area contributed by atoms with Crippen molar-refractivity contribution in [1.29, 1.82) is 0 Å². The Labute approximate surface area is 128 Å². The van der Waals surface area contributed by atoms with Crippen molar-refractivity contribution in [3.63, 3.8) is 0 Å². The minimum Gasteiger partial charge on any atom is -0.481 e. The first kappa shape index (κ1) is 14.8. The predicted molar refractivity (Wildman–Crippen MR) is 75.5 cm³/mol. The molecule has 6 nitrogen and oxygen atoms in total. The number of carbonyl (C=O) groups excluding carboxylic acids is 2. The highest BCUT2D eigenvalue weighted by molar-refractivity contribution is 6.05. The Hall–Kier alpha value is -2.11. The minimum atomic E-state index is -1.06. The summed E-state index contributed by atoms with van der Waals surface area (Å²) in [5, 5.41) is 9.13. The molecule has 0 unspecified atom stereocenters. The van der Waals surface area contributed by atoms with Gasteiger partial charge in [-0.05, 0) is 37.3 Å². The lowest BCUT2D eigenvalue weighted by Gasteiger charge is -2.25. The second kappa shape index (κ2) is 5.59. The van der Waals surface area contributed by atoms with Gasteiger partial charge in [-0.25, -0.2) is 0 Å². The molecule has 6 heteroatoms. The molecule has 2 fully saturated rings. The molecular formula is C16H19NO5. The SMILES string of the molecule is C[C@H]1CC[C@H]2C(=O)N([C@@H](CC(=O)O)c3ccco3)C(=O)[C@@H]2C1. The Bertz CT molecular complexity index is 594. The molecular weight excluding hydrogens is 286 g/mol. The summed E-state index contributed by atoms with van der Waals surface area (Å²) in [4.78, 5) is 37.6. The van der Waals surface area contributed by atoms with Gasteiger partial charge < -0.3 is 9.52 Å². The number of furan rings is 1. The van der Waals surface area contributed by atoms with E-state index in [9.17, 15) is 14.4 Å². The van der Waals surface area contributed by atoms with Gasteiger partial charge in [0, 0.05) is 0 Å². The summed E-state index contributed by atoms with van der Waals surface area (Å²) in [5.74, 6) is -1.40. The maximum Gasteiger partial charge on any atom is 0.305 e. The second-order valence-electron chi connectivity index (χ2n) is 6.31. The van der Waals surface area contributed by atoms with Crippen LogP contribution in [0.4, 0.5) is 0 Å². The number of carboxylic acids is 1. The molecule has 1 saturated heterocycles. The zero-order chi connectivity index (χ0) is 15.9. The average molecular weight is 305 g/mol. The third-order valence-electron chi connectivity index (χ3n) is 4.77. The Kier molecular flexibility index (Phi) is 3.76. The average Bonchev–Trinajstić information content (AvgIpc) is 3.06. The summed E-state index contributed by atoms with van der Waals surface area (Å²) in [7, 11) is 0. The van der Waals surface area contributed by atoms with Gasteiger partial charge in [-0.2, -0.15) is 0 Å². The first-order chi connectivity index (χ1) is 10.5. The summed E-state index contributed by atoms with van der Waals surface area (Å²) in [6.45, 7) is 2.08. The summed E-state index contributed by atoms with van der Waals surface area (Å²) in [6, 6.07) is 2.39. The maximum absolute atomic E-state index is 12.7. The largest absolute Gasteiger partial charge is 0.481 e. The second-order valence-corrected chi connectivity index (χ2v) is 6.31. The molecule has 1 aromatic rings. The van der Waals surface area contributed by atoms with Crippen LogP contribution in [-0.2, 0) is 14.4 Å². The molecule has 0 radical (unpaired) electrons. The van der Waals surface area contributed by atoms with E-state index in [1.807, 2.05) is 0 Å². The van der Waals surface area contributed by atoms with E-state index < -0.39 is 12.0 Å². The first-order valence-electron chi connectivity index (χ1n) is 7.61. The quantitative estimate of drug-likeness (QED) is 0.862. The molecule has 1 aliphatic heterocycles. The van der Waals surface area contributed by atoms with E-state index in [-0.39, 0.29) is 30.1 Å². The number of amides is 2. The monoisotopic (exact) mass is 305 g/mol. The van der Waals surface area contributed by atoms with Crippen molar-refractivity contribution in [3.8, 4) is 0 Å². The van der Waals surface area contributed by atoms with E-state index in [2.05, 4.69) is 6.92 Å². The molecule has 118 valence electrons. The van der Waals surface area contributed by atoms with Crippen molar-refractivity contribution in [2.45, 2.75) is 38.6 Å². The van der Waals surface area contributed by atoms with Gasteiger partial charge in [0.1, 0.15) is 11.8 Å². The number of fused-ring (bicyclic) bond motifs is 1. The van der Waals surface area contributed by atoms with Crippen LogP contribution in [0.3, 0.4) is 0 Å². The van der Waals surface area contributed by atoms with Crippen LogP contribution in [0.15, 0.2) is 22.8 Å². The number of carboxylic acid groups (broad SMARTS) is 1. The van der Waals surface area contributed by atoms with Gasteiger partial charge in [-0.3, -0.25) is 19.3 Å². The molecule has 0 bridgehead atoms. The molecule has 1 saturated carbocycles. The van der Waals surface area contributed by atoms with E-state index in [1.54, 1.807) is 12.1 Å². The summed E-state index contributed by atoms with van der Waals surface area (Å²) >= 11 is 0. The fourth-order valence-corrected chi connectivity index (χ4v) is 3.69. The fraction of sp³-hybridized carbons (Fsp3) is 0.562. The predicted octanol–water partition coefficient (Wildman–Crippen LogP) is 2.22. The van der Waals surface area contributed by atoms with Gasteiger partial charge in [0.05, 0.1) is 24.5 Å². The van der Waals surface area contributed by atoms with E-state index in [4.69, 9.17) is 9.52 Å². The third-order valence-corrected chi connectivity index (χ3v) is 4.77. The maximum atomic E-state index is 12.7. The zero-order valence-corrected chi connectivity index (χ0v) is 12.4. The highest BCUT2D eigenvalue weighted by Gasteiger charge is 2.52. The van der Waals surface area contributed by atoms with Crippen LogP contribution in [0.25, 0.3) is 0 Å². The number of aliphatic carboxylic acids is 1. The van der Waals surface area contributed by atoms with Gasteiger partial charge in [0.25, 0.3) is 0 Å². The number of hydrogen-bond donors (Lipinski definition) is 1. The molecule has 1 aromatic heterocycles. The Balaban J connectivity index is 1.92. The highest BCUT2D eigenvalue weighted by atomic mass is 16.4. The Morgan fingerprint density at radius 1 is 1.36 bits per heavy atom. The molecule has 3 rings (SSSR count). The van der Waals surface area contributed by atoms with Crippen LogP contribution in [0.5, 0.6) is 0 Å². The lowest BCUT2D eigenvalue weighted by atomic mass is 9.76. The number of hydrogen-bond acceptors (Lipinski definition) is 4. The molecule has 0 spiro atoms. The van der Waals surface area contributed by atoms with Crippen LogP contribution >= 0.6 is 0 Å². The Morgan fingerprint density at radius 3 is 2.73 bits per heavy atom. The van der Waals surface area contributed by atoms with Crippen LogP contribution < -0.4 is 0 Å². The van der Waals surface area contributed by atoms with Gasteiger partial charge in [0.2, 0.25) is 11.8 Å². The van der Waals surface area contributed by atoms with Crippen LogP contribution in [0, 0.1) is 17.8 Å². The zero-order valence-electron chi connectivity index (χ0n) is 12.4. The number of imide groups is 1. The van der Waals surface area contributed by atoms with Crippen molar-refractivity contribution in [2.75, 3.05) is 0 Å². The lowest BCUT2D eigenvalue weighted by molar-refractivity contribution is -0.146. The minimum absolute atomic E-state index is 0.246. The standard InChI is InChI=1S/C16H19NO5/c1-9-4-5-10-11(7-9)16(21)17(15(10)20)12(8-14(18)19)13-3-2-6-22-13/h2-3,6,9-12H,4-5,7-8H2,1H3,(H,18,19)/t9-,10+,11+,12-/m0/s1. The van der Waals surface area contributed by atoms with E-state index in [0.29, 0.717) is 24.5 Å². The van der Waals surface area contributed by atoms with Crippen molar-refractivity contribution >= 4 is 17.8 Å². The molecule has 2 aliphatic rings. The number of nitrogens with zero attached hydrogens (tertiary/aromatic N) is 1. The first-order valence-corrected chi connectivity index (χ1v) is 7.61. The molecule has 1 aliphatic carbocycles. The summed E-state index contributed by atoms with van der Waals surface area (Å²) < 4.78 is 5.27.